The summed E-state index contributed by atoms with van der Waals surface area (Å²) in [6.07, 6.45) is 1.54. The van der Waals surface area contributed by atoms with Gasteiger partial charge in [-0.15, -0.1) is 0 Å². The fourth-order valence-corrected chi connectivity index (χ4v) is 2.55. The molecule has 0 bridgehead atoms. The molecule has 0 aliphatic rings. The summed E-state index contributed by atoms with van der Waals surface area (Å²) in [5.74, 6) is -0.402. The van der Waals surface area contributed by atoms with Crippen molar-refractivity contribution < 1.29 is 4.39 Å². The van der Waals surface area contributed by atoms with Gasteiger partial charge in [-0.2, -0.15) is 5.10 Å². The first kappa shape index (κ1) is 13.7. The summed E-state index contributed by atoms with van der Waals surface area (Å²) in [7, 11) is 1.77. The van der Waals surface area contributed by atoms with E-state index in [1.807, 2.05) is 13.0 Å². The fourth-order valence-electron chi connectivity index (χ4n) is 2.41. The highest BCUT2D eigenvalue weighted by Crippen LogP contribution is 2.30. The van der Waals surface area contributed by atoms with Gasteiger partial charge in [0.25, 0.3) is 0 Å². The van der Waals surface area contributed by atoms with Gasteiger partial charge in [0.1, 0.15) is 5.52 Å². The molecule has 0 saturated heterocycles. The van der Waals surface area contributed by atoms with E-state index < -0.39 is 5.82 Å². The SMILES string of the molecule is C=C(C)c1c2cc(-c3ccnc(Cl)n3)cc(F)c2nn1C. The largest absolute Gasteiger partial charge is 0.267 e. The number of benzene rings is 1. The smallest absolute Gasteiger partial charge is 0.222 e. The highest BCUT2D eigenvalue weighted by atomic mass is 35.5. The first-order chi connectivity index (χ1) is 9.97. The van der Waals surface area contributed by atoms with Gasteiger partial charge in [0, 0.05) is 24.2 Å². The van der Waals surface area contributed by atoms with E-state index in [9.17, 15) is 4.39 Å². The molecular formula is C15H12ClFN4. The van der Waals surface area contributed by atoms with Crippen LogP contribution in [0.25, 0.3) is 27.7 Å². The lowest BCUT2D eigenvalue weighted by Gasteiger charge is -2.04. The average Bonchev–Trinajstić information content (AvgIpc) is 2.75. The number of halogens is 2. The first-order valence-electron chi connectivity index (χ1n) is 6.28. The second-order valence-electron chi connectivity index (χ2n) is 4.82. The van der Waals surface area contributed by atoms with Crippen LogP contribution in [0.3, 0.4) is 0 Å². The summed E-state index contributed by atoms with van der Waals surface area (Å²) in [5.41, 5.74) is 3.12. The number of allylic oxidation sites excluding steroid dienone is 1. The molecule has 0 aliphatic carbocycles. The van der Waals surface area contributed by atoms with Crippen LogP contribution in [0, 0.1) is 5.82 Å². The van der Waals surface area contributed by atoms with Crippen LogP contribution in [0.4, 0.5) is 4.39 Å². The lowest BCUT2D eigenvalue weighted by atomic mass is 10.0. The number of aromatic nitrogens is 4. The van der Waals surface area contributed by atoms with Gasteiger partial charge in [0.05, 0.1) is 11.4 Å². The second kappa shape index (κ2) is 4.93. The Balaban J connectivity index is 2.32. The van der Waals surface area contributed by atoms with Gasteiger partial charge in [-0.25, -0.2) is 14.4 Å². The summed E-state index contributed by atoms with van der Waals surface area (Å²) < 4.78 is 15.9. The van der Waals surface area contributed by atoms with Gasteiger partial charge < -0.3 is 0 Å². The summed E-state index contributed by atoms with van der Waals surface area (Å²) in [5, 5.41) is 5.04. The minimum absolute atomic E-state index is 0.124. The minimum atomic E-state index is -0.402. The summed E-state index contributed by atoms with van der Waals surface area (Å²) >= 11 is 5.79. The third kappa shape index (κ3) is 2.29. The molecule has 0 N–H and O–H groups in total. The molecule has 4 nitrogen and oxygen atoms in total. The number of aryl methyl sites for hydroxylation is 1. The molecule has 106 valence electrons. The standard InChI is InChI=1S/C15H12ClFN4/c1-8(2)14-10-6-9(12-4-5-18-15(16)19-12)7-11(17)13(10)20-21(14)3/h4-7H,1H2,2-3H3. The zero-order valence-corrected chi connectivity index (χ0v) is 12.3. The second-order valence-corrected chi connectivity index (χ2v) is 5.16. The molecular weight excluding hydrogens is 291 g/mol. The Kier molecular flexibility index (Phi) is 3.22. The van der Waals surface area contributed by atoms with Crippen LogP contribution in [-0.4, -0.2) is 19.7 Å². The van der Waals surface area contributed by atoms with Crippen LogP contribution in [0.5, 0.6) is 0 Å². The molecule has 0 radical (unpaired) electrons. The average molecular weight is 303 g/mol. The molecule has 0 amide bonds. The van der Waals surface area contributed by atoms with Crippen LogP contribution >= 0.6 is 11.6 Å². The lowest BCUT2D eigenvalue weighted by Crippen LogP contribution is -1.94. The zero-order chi connectivity index (χ0) is 15.1. The quantitative estimate of drug-likeness (QED) is 0.675. The Labute approximate surface area is 125 Å². The summed E-state index contributed by atoms with van der Waals surface area (Å²) in [6.45, 7) is 5.79. The zero-order valence-electron chi connectivity index (χ0n) is 11.6. The Bertz CT molecular complexity index is 869. The van der Waals surface area contributed by atoms with E-state index >= 15 is 0 Å². The van der Waals surface area contributed by atoms with Crippen LogP contribution in [0.15, 0.2) is 31.0 Å². The number of fused-ring (bicyclic) bond motifs is 1. The van der Waals surface area contributed by atoms with Gasteiger partial charge >= 0.3 is 0 Å². The van der Waals surface area contributed by atoms with E-state index in [2.05, 4.69) is 21.6 Å². The van der Waals surface area contributed by atoms with Crippen molar-refractivity contribution in [3.63, 3.8) is 0 Å². The van der Waals surface area contributed by atoms with Crippen molar-refractivity contribution in [2.24, 2.45) is 7.05 Å². The Hall–Kier alpha value is -2.27. The van der Waals surface area contributed by atoms with Crippen molar-refractivity contribution in [1.82, 2.24) is 19.7 Å². The molecule has 0 unspecified atom stereocenters. The van der Waals surface area contributed by atoms with Gasteiger partial charge in [-0.1, -0.05) is 6.58 Å². The molecule has 2 aromatic heterocycles. The first-order valence-corrected chi connectivity index (χ1v) is 6.66. The predicted molar refractivity (Wildman–Crippen MR) is 81.4 cm³/mol. The Morgan fingerprint density at radius 2 is 2.14 bits per heavy atom. The van der Waals surface area contributed by atoms with Gasteiger partial charge in [-0.05, 0) is 42.3 Å². The van der Waals surface area contributed by atoms with E-state index in [1.54, 1.807) is 17.8 Å². The predicted octanol–water partition coefficient (Wildman–Crippen LogP) is 3.86. The third-order valence-electron chi connectivity index (χ3n) is 3.22. The van der Waals surface area contributed by atoms with Crippen LogP contribution in [0.2, 0.25) is 5.28 Å². The number of rotatable bonds is 2. The lowest BCUT2D eigenvalue weighted by molar-refractivity contribution is 0.632. The molecule has 3 rings (SSSR count). The molecule has 0 fully saturated rings. The van der Waals surface area contributed by atoms with E-state index in [4.69, 9.17) is 11.6 Å². The fraction of sp³-hybridized carbons (Fsp3) is 0.133. The van der Waals surface area contributed by atoms with Crippen molar-refractivity contribution in [2.45, 2.75) is 6.92 Å². The summed E-state index contributed by atoms with van der Waals surface area (Å²) in [6, 6.07) is 4.92. The topological polar surface area (TPSA) is 43.6 Å². The monoisotopic (exact) mass is 302 g/mol. The molecule has 0 spiro atoms. The van der Waals surface area contributed by atoms with E-state index in [0.717, 1.165) is 11.3 Å². The maximum Gasteiger partial charge on any atom is 0.222 e. The molecule has 2 heterocycles. The summed E-state index contributed by atoms with van der Waals surface area (Å²) in [4.78, 5) is 7.94. The molecule has 1 aromatic carbocycles. The van der Waals surface area contributed by atoms with Crippen LogP contribution in [-0.2, 0) is 7.05 Å². The van der Waals surface area contributed by atoms with Gasteiger partial charge in [0.2, 0.25) is 5.28 Å². The molecule has 0 saturated carbocycles. The van der Waals surface area contributed by atoms with Crippen LogP contribution < -0.4 is 0 Å². The highest BCUT2D eigenvalue weighted by Gasteiger charge is 2.15. The highest BCUT2D eigenvalue weighted by molar-refractivity contribution is 6.28. The van der Waals surface area contributed by atoms with Crippen molar-refractivity contribution in [3.05, 3.63) is 47.8 Å². The van der Waals surface area contributed by atoms with Gasteiger partial charge in [-0.3, -0.25) is 4.68 Å². The molecule has 0 atom stereocenters. The molecule has 6 heteroatoms. The molecule has 0 aliphatic heterocycles. The third-order valence-corrected chi connectivity index (χ3v) is 3.40. The minimum Gasteiger partial charge on any atom is -0.267 e. The van der Waals surface area contributed by atoms with E-state index in [0.29, 0.717) is 22.2 Å². The van der Waals surface area contributed by atoms with Crippen molar-refractivity contribution >= 4 is 28.1 Å². The molecule has 3 aromatic rings. The number of hydrogen-bond donors (Lipinski definition) is 0. The van der Waals surface area contributed by atoms with E-state index in [1.165, 1.54) is 12.3 Å². The van der Waals surface area contributed by atoms with Crippen LogP contribution in [0.1, 0.15) is 12.6 Å². The van der Waals surface area contributed by atoms with E-state index in [-0.39, 0.29) is 5.28 Å². The van der Waals surface area contributed by atoms with Crippen molar-refractivity contribution in [3.8, 4) is 11.3 Å². The van der Waals surface area contributed by atoms with Crippen molar-refractivity contribution in [2.75, 3.05) is 0 Å². The Morgan fingerprint density at radius 1 is 1.38 bits per heavy atom. The Morgan fingerprint density at radius 3 is 2.81 bits per heavy atom. The normalized spacial score (nSPS) is 11.0. The number of hydrogen-bond acceptors (Lipinski definition) is 3. The maximum atomic E-state index is 14.3. The van der Waals surface area contributed by atoms with Gasteiger partial charge in [0.15, 0.2) is 5.82 Å². The number of nitrogens with zero attached hydrogens (tertiary/aromatic N) is 4. The molecule has 21 heavy (non-hydrogen) atoms. The maximum absolute atomic E-state index is 14.3. The van der Waals surface area contributed by atoms with Crippen molar-refractivity contribution in [1.29, 1.82) is 0 Å².